The summed E-state index contributed by atoms with van der Waals surface area (Å²) in [5.41, 5.74) is 0. The molecule has 8 heteroatoms. The quantitative estimate of drug-likeness (QED) is 0.813. The number of piperidine rings is 1. The van der Waals surface area contributed by atoms with Crippen LogP contribution in [0.15, 0.2) is 6.20 Å². The Balaban J connectivity index is 1.80. The molecule has 2 fully saturated rings. The number of anilines is 2. The summed E-state index contributed by atoms with van der Waals surface area (Å²) in [6, 6.07) is -0.0339. The standard InChI is InChI=1S/C14H23N5O2S/c1-2-19(12-6-9-22(20,21)11-12)14-16-13(10-15-17-14)18-7-4-3-5-8-18/h10,12H,2-9,11H2,1H3. The number of nitrogens with zero attached hydrogens (tertiary/aromatic N) is 5. The third kappa shape index (κ3) is 3.31. The van der Waals surface area contributed by atoms with Crippen molar-refractivity contribution in [2.45, 2.75) is 38.6 Å². The highest BCUT2D eigenvalue weighted by Crippen LogP contribution is 2.23. The molecule has 0 amide bonds. The molecule has 3 heterocycles. The van der Waals surface area contributed by atoms with Crippen LogP contribution >= 0.6 is 0 Å². The van der Waals surface area contributed by atoms with Gasteiger partial charge in [0.15, 0.2) is 15.7 Å². The highest BCUT2D eigenvalue weighted by atomic mass is 32.2. The predicted octanol–water partition coefficient (Wildman–Crippen LogP) is 0.875. The first-order valence-electron chi connectivity index (χ1n) is 8.01. The first kappa shape index (κ1) is 15.5. The normalized spacial score (nSPS) is 24.4. The van der Waals surface area contributed by atoms with Gasteiger partial charge in [-0.15, -0.1) is 5.10 Å². The molecule has 1 unspecified atom stereocenters. The number of hydrogen-bond donors (Lipinski definition) is 0. The van der Waals surface area contributed by atoms with Crippen LogP contribution < -0.4 is 9.80 Å². The lowest BCUT2D eigenvalue weighted by atomic mass is 10.1. The lowest BCUT2D eigenvalue weighted by Gasteiger charge is -2.30. The summed E-state index contributed by atoms with van der Waals surface area (Å²) in [5.74, 6) is 1.85. The van der Waals surface area contributed by atoms with Crippen molar-refractivity contribution in [2.75, 3.05) is 40.9 Å². The van der Waals surface area contributed by atoms with Crippen LogP contribution in [0.5, 0.6) is 0 Å². The fourth-order valence-corrected chi connectivity index (χ4v) is 5.00. The van der Waals surface area contributed by atoms with Gasteiger partial charge in [-0.1, -0.05) is 0 Å². The lowest BCUT2D eigenvalue weighted by Crippen LogP contribution is -2.38. The van der Waals surface area contributed by atoms with Crippen molar-refractivity contribution in [3.05, 3.63) is 6.20 Å². The van der Waals surface area contributed by atoms with E-state index in [2.05, 4.69) is 20.1 Å². The molecule has 122 valence electrons. The molecule has 3 rings (SSSR count). The monoisotopic (exact) mass is 325 g/mol. The topological polar surface area (TPSA) is 79.3 Å². The maximum absolute atomic E-state index is 11.7. The molecule has 2 aliphatic rings. The number of hydrogen-bond acceptors (Lipinski definition) is 7. The molecule has 1 aromatic rings. The molecule has 0 radical (unpaired) electrons. The Kier molecular flexibility index (Phi) is 4.46. The third-order valence-electron chi connectivity index (χ3n) is 4.46. The summed E-state index contributed by atoms with van der Waals surface area (Å²) in [7, 11) is -2.92. The van der Waals surface area contributed by atoms with Gasteiger partial charge in [-0.2, -0.15) is 10.1 Å². The summed E-state index contributed by atoms with van der Waals surface area (Å²) >= 11 is 0. The van der Waals surface area contributed by atoms with Crippen molar-refractivity contribution < 1.29 is 8.42 Å². The second-order valence-electron chi connectivity index (χ2n) is 6.01. The zero-order chi connectivity index (χ0) is 15.6. The van der Waals surface area contributed by atoms with Gasteiger partial charge in [0, 0.05) is 25.7 Å². The van der Waals surface area contributed by atoms with E-state index in [0.717, 1.165) is 18.9 Å². The first-order chi connectivity index (χ1) is 10.6. The Labute approximate surface area is 131 Å². The number of aromatic nitrogens is 3. The Bertz CT molecular complexity index is 615. The summed E-state index contributed by atoms with van der Waals surface area (Å²) in [4.78, 5) is 8.86. The van der Waals surface area contributed by atoms with E-state index in [0.29, 0.717) is 18.9 Å². The molecule has 0 bridgehead atoms. The van der Waals surface area contributed by atoms with Crippen molar-refractivity contribution in [3.63, 3.8) is 0 Å². The van der Waals surface area contributed by atoms with E-state index in [1.54, 1.807) is 6.20 Å². The maximum Gasteiger partial charge on any atom is 0.247 e. The van der Waals surface area contributed by atoms with Crippen molar-refractivity contribution >= 4 is 21.6 Å². The first-order valence-corrected chi connectivity index (χ1v) is 9.83. The van der Waals surface area contributed by atoms with Gasteiger partial charge < -0.3 is 9.80 Å². The van der Waals surface area contributed by atoms with E-state index < -0.39 is 9.84 Å². The van der Waals surface area contributed by atoms with Crippen LogP contribution in [0.25, 0.3) is 0 Å². The molecular weight excluding hydrogens is 302 g/mol. The second-order valence-corrected chi connectivity index (χ2v) is 8.23. The fraction of sp³-hybridized carbons (Fsp3) is 0.786. The van der Waals surface area contributed by atoms with E-state index in [9.17, 15) is 8.42 Å². The highest BCUT2D eigenvalue weighted by molar-refractivity contribution is 7.91. The maximum atomic E-state index is 11.7. The van der Waals surface area contributed by atoms with Crippen molar-refractivity contribution in [2.24, 2.45) is 0 Å². The van der Waals surface area contributed by atoms with E-state index in [1.807, 2.05) is 11.8 Å². The van der Waals surface area contributed by atoms with Gasteiger partial charge in [-0.05, 0) is 32.6 Å². The van der Waals surface area contributed by atoms with E-state index in [1.165, 1.54) is 19.3 Å². The average molecular weight is 325 g/mol. The molecule has 1 atom stereocenters. The van der Waals surface area contributed by atoms with Gasteiger partial charge in [0.25, 0.3) is 0 Å². The molecule has 0 aromatic carbocycles. The van der Waals surface area contributed by atoms with Gasteiger partial charge in [0.2, 0.25) is 5.95 Å². The van der Waals surface area contributed by atoms with Crippen molar-refractivity contribution in [1.29, 1.82) is 0 Å². The Morgan fingerprint density at radius 1 is 1.32 bits per heavy atom. The minimum absolute atomic E-state index is 0.0339. The van der Waals surface area contributed by atoms with Crippen LogP contribution in [0, 0.1) is 0 Å². The average Bonchev–Trinajstić information content (AvgIpc) is 2.89. The van der Waals surface area contributed by atoms with Gasteiger partial charge >= 0.3 is 0 Å². The molecule has 0 spiro atoms. The summed E-state index contributed by atoms with van der Waals surface area (Å²) < 4.78 is 23.4. The molecule has 0 N–H and O–H groups in total. The molecule has 2 saturated heterocycles. The largest absolute Gasteiger partial charge is 0.355 e. The van der Waals surface area contributed by atoms with Crippen LogP contribution in [0.3, 0.4) is 0 Å². The summed E-state index contributed by atoms with van der Waals surface area (Å²) in [5, 5.41) is 8.23. The minimum atomic E-state index is -2.92. The molecule has 2 aliphatic heterocycles. The Hall–Kier alpha value is -1.44. The molecule has 7 nitrogen and oxygen atoms in total. The van der Waals surface area contributed by atoms with Crippen LogP contribution in [0.2, 0.25) is 0 Å². The molecule has 22 heavy (non-hydrogen) atoms. The Morgan fingerprint density at radius 2 is 2.09 bits per heavy atom. The predicted molar refractivity (Wildman–Crippen MR) is 86.0 cm³/mol. The zero-order valence-electron chi connectivity index (χ0n) is 13.0. The molecular formula is C14H23N5O2S. The Morgan fingerprint density at radius 3 is 2.73 bits per heavy atom. The number of sulfone groups is 1. The highest BCUT2D eigenvalue weighted by Gasteiger charge is 2.33. The van der Waals surface area contributed by atoms with Crippen LogP contribution in [-0.4, -0.2) is 60.8 Å². The molecule has 0 saturated carbocycles. The van der Waals surface area contributed by atoms with Gasteiger partial charge in [-0.25, -0.2) is 8.42 Å². The van der Waals surface area contributed by atoms with Crippen LogP contribution in [-0.2, 0) is 9.84 Å². The zero-order valence-corrected chi connectivity index (χ0v) is 13.8. The van der Waals surface area contributed by atoms with Gasteiger partial charge in [-0.3, -0.25) is 0 Å². The van der Waals surface area contributed by atoms with E-state index in [4.69, 9.17) is 0 Å². The van der Waals surface area contributed by atoms with Crippen molar-refractivity contribution in [3.8, 4) is 0 Å². The SMILES string of the molecule is CCN(c1nncc(N2CCCCC2)n1)C1CCS(=O)(=O)C1. The van der Waals surface area contributed by atoms with Crippen LogP contribution in [0.1, 0.15) is 32.6 Å². The molecule has 1 aromatic heterocycles. The van der Waals surface area contributed by atoms with Crippen molar-refractivity contribution in [1.82, 2.24) is 15.2 Å². The van der Waals surface area contributed by atoms with Gasteiger partial charge in [0.05, 0.1) is 17.7 Å². The summed E-state index contributed by atoms with van der Waals surface area (Å²) in [6.07, 6.45) is 5.97. The van der Waals surface area contributed by atoms with E-state index in [-0.39, 0.29) is 17.5 Å². The fourth-order valence-electron chi connectivity index (χ4n) is 3.27. The number of rotatable bonds is 4. The smallest absolute Gasteiger partial charge is 0.247 e. The second kappa shape index (κ2) is 6.36. The lowest BCUT2D eigenvalue weighted by molar-refractivity contribution is 0.569. The third-order valence-corrected chi connectivity index (χ3v) is 6.21. The minimum Gasteiger partial charge on any atom is -0.355 e. The van der Waals surface area contributed by atoms with E-state index >= 15 is 0 Å². The summed E-state index contributed by atoms with van der Waals surface area (Å²) in [6.45, 7) is 4.69. The molecule has 0 aliphatic carbocycles. The van der Waals surface area contributed by atoms with Gasteiger partial charge in [0.1, 0.15) is 0 Å². The van der Waals surface area contributed by atoms with Crippen LogP contribution in [0.4, 0.5) is 11.8 Å².